The lowest BCUT2D eigenvalue weighted by atomic mass is 10.2. The number of anilines is 1. The molecule has 0 aliphatic rings. The summed E-state index contributed by atoms with van der Waals surface area (Å²) in [6.45, 7) is 0.576. The van der Waals surface area contributed by atoms with Crippen LogP contribution in [0.3, 0.4) is 0 Å². The van der Waals surface area contributed by atoms with E-state index in [9.17, 15) is 5.11 Å². The van der Waals surface area contributed by atoms with Crippen molar-refractivity contribution >= 4 is 5.69 Å². The number of phenolic OH excluding ortho intramolecular Hbond substituents is 1. The van der Waals surface area contributed by atoms with Gasteiger partial charge in [-0.2, -0.15) is 5.10 Å². The summed E-state index contributed by atoms with van der Waals surface area (Å²) >= 11 is 0. The van der Waals surface area contributed by atoms with Gasteiger partial charge in [0.25, 0.3) is 0 Å². The maximum Gasteiger partial charge on any atom is 0.200 e. The van der Waals surface area contributed by atoms with Crippen molar-refractivity contribution in [1.82, 2.24) is 10.2 Å². The molecule has 0 saturated heterocycles. The van der Waals surface area contributed by atoms with E-state index in [1.165, 1.54) is 14.2 Å². The van der Waals surface area contributed by atoms with Crippen molar-refractivity contribution in [3.63, 3.8) is 0 Å². The van der Waals surface area contributed by atoms with E-state index in [0.717, 1.165) is 11.3 Å². The van der Waals surface area contributed by atoms with Crippen LogP contribution in [0.1, 0.15) is 5.56 Å². The van der Waals surface area contributed by atoms with Crippen LogP contribution in [0.4, 0.5) is 5.69 Å². The van der Waals surface area contributed by atoms with Gasteiger partial charge in [0.15, 0.2) is 11.5 Å². The van der Waals surface area contributed by atoms with E-state index in [4.69, 9.17) is 9.47 Å². The lowest BCUT2D eigenvalue weighted by Gasteiger charge is -2.11. The van der Waals surface area contributed by atoms with Crippen LogP contribution in [-0.4, -0.2) is 29.5 Å². The zero-order valence-electron chi connectivity index (χ0n) is 10.2. The van der Waals surface area contributed by atoms with Crippen LogP contribution in [0.5, 0.6) is 17.2 Å². The minimum Gasteiger partial charge on any atom is -0.502 e. The standard InChI is InChI=1S/C12H15N3O3/c1-17-10-3-8(4-11(18-2)12(10)16)5-13-9-6-14-15-7-9/h3-4,6-7,13,16H,5H2,1-2H3,(H,14,15). The number of nitrogens with one attached hydrogen (secondary N) is 2. The summed E-state index contributed by atoms with van der Waals surface area (Å²) in [5.41, 5.74) is 1.82. The Kier molecular flexibility index (Phi) is 3.57. The fourth-order valence-corrected chi connectivity index (χ4v) is 1.60. The number of hydrogen-bond donors (Lipinski definition) is 3. The summed E-state index contributed by atoms with van der Waals surface area (Å²) in [7, 11) is 3.00. The second kappa shape index (κ2) is 5.31. The molecule has 1 aromatic heterocycles. The van der Waals surface area contributed by atoms with Crippen LogP contribution in [0.25, 0.3) is 0 Å². The average Bonchev–Trinajstić information content (AvgIpc) is 2.90. The van der Waals surface area contributed by atoms with Crippen LogP contribution in [0.15, 0.2) is 24.5 Å². The minimum absolute atomic E-state index is 0.00654. The summed E-state index contributed by atoms with van der Waals surface area (Å²) in [4.78, 5) is 0. The smallest absolute Gasteiger partial charge is 0.200 e. The van der Waals surface area contributed by atoms with Gasteiger partial charge in [-0.15, -0.1) is 0 Å². The molecule has 0 aliphatic heterocycles. The predicted octanol–water partition coefficient (Wildman–Crippen LogP) is 1.74. The predicted molar refractivity (Wildman–Crippen MR) is 67.1 cm³/mol. The van der Waals surface area contributed by atoms with Crippen molar-refractivity contribution in [1.29, 1.82) is 0 Å². The van der Waals surface area contributed by atoms with Crippen molar-refractivity contribution in [3.8, 4) is 17.2 Å². The fourth-order valence-electron chi connectivity index (χ4n) is 1.60. The number of hydrogen-bond acceptors (Lipinski definition) is 5. The first kappa shape index (κ1) is 12.1. The second-order valence-corrected chi connectivity index (χ2v) is 3.69. The molecule has 0 saturated carbocycles. The van der Waals surface area contributed by atoms with Gasteiger partial charge >= 0.3 is 0 Å². The molecule has 6 nitrogen and oxygen atoms in total. The number of aromatic hydroxyl groups is 1. The molecule has 0 aliphatic carbocycles. The SMILES string of the molecule is COc1cc(CNc2cn[nH]c2)cc(OC)c1O. The molecule has 0 atom stereocenters. The number of rotatable bonds is 5. The van der Waals surface area contributed by atoms with Gasteiger partial charge in [0.2, 0.25) is 5.75 Å². The summed E-state index contributed by atoms with van der Waals surface area (Å²) in [6, 6.07) is 3.51. The molecule has 0 bridgehead atoms. The van der Waals surface area contributed by atoms with E-state index in [1.807, 2.05) is 0 Å². The Morgan fingerprint density at radius 1 is 1.28 bits per heavy atom. The number of H-pyrrole nitrogens is 1. The first-order chi connectivity index (χ1) is 8.74. The summed E-state index contributed by atoms with van der Waals surface area (Å²) in [5.74, 6) is 0.781. The van der Waals surface area contributed by atoms with E-state index in [-0.39, 0.29) is 5.75 Å². The molecule has 1 aromatic carbocycles. The van der Waals surface area contributed by atoms with E-state index in [1.54, 1.807) is 24.5 Å². The highest BCUT2D eigenvalue weighted by Gasteiger charge is 2.10. The van der Waals surface area contributed by atoms with Gasteiger partial charge in [0, 0.05) is 12.7 Å². The van der Waals surface area contributed by atoms with Crippen LogP contribution < -0.4 is 14.8 Å². The van der Waals surface area contributed by atoms with E-state index in [0.29, 0.717) is 18.0 Å². The lowest BCUT2D eigenvalue weighted by Crippen LogP contribution is -2.00. The quantitative estimate of drug-likeness (QED) is 0.752. The van der Waals surface area contributed by atoms with E-state index in [2.05, 4.69) is 15.5 Å². The van der Waals surface area contributed by atoms with Crippen LogP contribution in [-0.2, 0) is 6.54 Å². The van der Waals surface area contributed by atoms with Crippen molar-refractivity contribution in [3.05, 3.63) is 30.1 Å². The van der Waals surface area contributed by atoms with E-state index < -0.39 is 0 Å². The van der Waals surface area contributed by atoms with Crippen molar-refractivity contribution < 1.29 is 14.6 Å². The van der Waals surface area contributed by atoms with Crippen LogP contribution in [0, 0.1) is 0 Å². The molecule has 0 amide bonds. The number of ether oxygens (including phenoxy) is 2. The number of methoxy groups -OCH3 is 2. The maximum atomic E-state index is 9.78. The maximum absolute atomic E-state index is 9.78. The summed E-state index contributed by atoms with van der Waals surface area (Å²) in [6.07, 6.45) is 3.45. The average molecular weight is 249 g/mol. The molecule has 18 heavy (non-hydrogen) atoms. The van der Waals surface area contributed by atoms with Gasteiger partial charge in [-0.05, 0) is 17.7 Å². The molecule has 1 heterocycles. The summed E-state index contributed by atoms with van der Waals surface area (Å²) < 4.78 is 10.2. The molecule has 0 radical (unpaired) electrons. The highest BCUT2D eigenvalue weighted by molar-refractivity contribution is 5.53. The zero-order valence-corrected chi connectivity index (χ0v) is 10.2. The van der Waals surface area contributed by atoms with Gasteiger partial charge in [-0.25, -0.2) is 0 Å². The second-order valence-electron chi connectivity index (χ2n) is 3.69. The number of aromatic nitrogens is 2. The number of nitrogens with zero attached hydrogens (tertiary/aromatic N) is 1. The van der Waals surface area contributed by atoms with Crippen molar-refractivity contribution in [2.24, 2.45) is 0 Å². The number of benzene rings is 1. The number of phenols is 1. The fraction of sp³-hybridized carbons (Fsp3) is 0.250. The number of aromatic amines is 1. The first-order valence-electron chi connectivity index (χ1n) is 5.41. The molecular weight excluding hydrogens is 234 g/mol. The largest absolute Gasteiger partial charge is 0.502 e. The Morgan fingerprint density at radius 3 is 2.44 bits per heavy atom. The summed E-state index contributed by atoms with van der Waals surface area (Å²) in [5, 5.41) is 19.5. The third-order valence-electron chi connectivity index (χ3n) is 2.53. The molecule has 6 heteroatoms. The molecule has 3 N–H and O–H groups in total. The normalized spacial score (nSPS) is 10.1. The third-order valence-corrected chi connectivity index (χ3v) is 2.53. The highest BCUT2D eigenvalue weighted by Crippen LogP contribution is 2.37. The topological polar surface area (TPSA) is 79.4 Å². The van der Waals surface area contributed by atoms with Gasteiger partial charge in [-0.3, -0.25) is 5.10 Å². The molecular formula is C12H15N3O3. The molecule has 96 valence electrons. The van der Waals surface area contributed by atoms with Gasteiger partial charge in [0.1, 0.15) is 0 Å². The van der Waals surface area contributed by atoms with Gasteiger partial charge in [-0.1, -0.05) is 0 Å². The Balaban J connectivity index is 2.17. The van der Waals surface area contributed by atoms with Gasteiger partial charge < -0.3 is 19.9 Å². The Morgan fingerprint density at radius 2 is 1.94 bits per heavy atom. The zero-order chi connectivity index (χ0) is 13.0. The van der Waals surface area contributed by atoms with Crippen LogP contribution in [0.2, 0.25) is 0 Å². The monoisotopic (exact) mass is 249 g/mol. The van der Waals surface area contributed by atoms with E-state index >= 15 is 0 Å². The van der Waals surface area contributed by atoms with Crippen LogP contribution >= 0.6 is 0 Å². The third kappa shape index (κ3) is 2.48. The Labute approximate surface area is 105 Å². The molecule has 0 fully saturated rings. The van der Waals surface area contributed by atoms with Crippen molar-refractivity contribution in [2.45, 2.75) is 6.54 Å². The first-order valence-corrected chi connectivity index (χ1v) is 5.41. The molecule has 2 aromatic rings. The molecule has 0 spiro atoms. The Hall–Kier alpha value is -2.37. The lowest BCUT2D eigenvalue weighted by molar-refractivity contribution is 0.339. The molecule has 0 unspecified atom stereocenters. The molecule has 2 rings (SSSR count). The van der Waals surface area contributed by atoms with Crippen molar-refractivity contribution in [2.75, 3.05) is 19.5 Å². The van der Waals surface area contributed by atoms with Gasteiger partial charge in [0.05, 0.1) is 26.1 Å². The Bertz CT molecular complexity index is 486. The highest BCUT2D eigenvalue weighted by atomic mass is 16.5. The minimum atomic E-state index is 0.00654.